The number of hydrogen-bond donors (Lipinski definition) is 1. The highest BCUT2D eigenvalue weighted by Gasteiger charge is 2.08. The van der Waals surface area contributed by atoms with Crippen LogP contribution in [0.5, 0.6) is 5.75 Å². The van der Waals surface area contributed by atoms with Gasteiger partial charge in [-0.2, -0.15) is 0 Å². The molecule has 0 saturated carbocycles. The third-order valence-corrected chi connectivity index (χ3v) is 5.31. The number of nitrogens with zero attached hydrogens (tertiary/aromatic N) is 3. The van der Waals surface area contributed by atoms with Crippen LogP contribution in [0.4, 0.5) is 10.3 Å². The molecule has 0 aliphatic rings. The predicted molar refractivity (Wildman–Crippen MR) is 99.5 cm³/mol. The molecule has 1 aromatic carbocycles. The van der Waals surface area contributed by atoms with Crippen molar-refractivity contribution in [3.63, 3.8) is 0 Å². The molecule has 0 saturated heterocycles. The minimum atomic E-state index is 0.749. The van der Waals surface area contributed by atoms with E-state index in [-0.39, 0.29) is 0 Å². The first-order valence-electron chi connectivity index (χ1n) is 7.30. The number of thiazole rings is 2. The summed E-state index contributed by atoms with van der Waals surface area (Å²) in [6.45, 7) is 1.98. The summed E-state index contributed by atoms with van der Waals surface area (Å²) in [4.78, 5) is 13.3. The number of methoxy groups -OCH3 is 1. The van der Waals surface area contributed by atoms with Crippen molar-refractivity contribution in [1.82, 2.24) is 15.0 Å². The Balaban J connectivity index is 1.67. The van der Waals surface area contributed by atoms with Crippen molar-refractivity contribution >= 4 is 43.2 Å². The summed E-state index contributed by atoms with van der Waals surface area (Å²) in [7, 11) is 1.64. The Labute approximate surface area is 147 Å². The van der Waals surface area contributed by atoms with Gasteiger partial charge in [-0.3, -0.25) is 4.98 Å². The fourth-order valence-corrected chi connectivity index (χ4v) is 4.00. The number of rotatable bonds is 4. The Morgan fingerprint density at radius 1 is 1.04 bits per heavy atom. The van der Waals surface area contributed by atoms with Gasteiger partial charge < -0.3 is 10.1 Å². The lowest BCUT2D eigenvalue weighted by Gasteiger charge is -2.03. The number of aromatic nitrogens is 3. The van der Waals surface area contributed by atoms with Gasteiger partial charge in [0, 0.05) is 17.1 Å². The number of ether oxygens (including phenoxy) is 1. The number of fused-ring (bicyclic) bond motifs is 1. The maximum Gasteiger partial charge on any atom is 0.190 e. The van der Waals surface area contributed by atoms with Crippen molar-refractivity contribution in [2.75, 3.05) is 12.4 Å². The van der Waals surface area contributed by atoms with E-state index in [9.17, 15) is 0 Å². The molecule has 0 unspecified atom stereocenters. The van der Waals surface area contributed by atoms with Gasteiger partial charge in [0.25, 0.3) is 0 Å². The highest BCUT2D eigenvalue weighted by Crippen LogP contribution is 2.33. The lowest BCUT2D eigenvalue weighted by molar-refractivity contribution is 0.413. The zero-order chi connectivity index (χ0) is 16.5. The molecule has 24 heavy (non-hydrogen) atoms. The van der Waals surface area contributed by atoms with E-state index >= 15 is 0 Å². The number of nitrogens with one attached hydrogen (secondary N) is 1. The van der Waals surface area contributed by atoms with E-state index in [1.165, 1.54) is 0 Å². The summed E-state index contributed by atoms with van der Waals surface area (Å²) >= 11 is 3.19. The molecule has 5 nitrogen and oxygen atoms in total. The molecule has 4 aromatic rings. The van der Waals surface area contributed by atoms with Crippen LogP contribution in [0.3, 0.4) is 0 Å². The zero-order valence-electron chi connectivity index (χ0n) is 13.1. The van der Waals surface area contributed by atoms with Crippen LogP contribution in [0, 0.1) is 6.92 Å². The van der Waals surface area contributed by atoms with Crippen LogP contribution in [0.25, 0.3) is 21.3 Å². The third kappa shape index (κ3) is 2.95. The largest absolute Gasteiger partial charge is 0.495 e. The van der Waals surface area contributed by atoms with Gasteiger partial charge in [0.15, 0.2) is 10.3 Å². The molecule has 0 radical (unpaired) electrons. The van der Waals surface area contributed by atoms with Crippen molar-refractivity contribution in [3.05, 3.63) is 47.7 Å². The average Bonchev–Trinajstić information content (AvgIpc) is 3.19. The summed E-state index contributed by atoms with van der Waals surface area (Å²) < 4.78 is 6.37. The molecule has 0 spiro atoms. The van der Waals surface area contributed by atoms with Gasteiger partial charge in [0.2, 0.25) is 0 Å². The van der Waals surface area contributed by atoms with E-state index in [0.717, 1.165) is 43.1 Å². The third-order valence-electron chi connectivity index (χ3n) is 3.50. The molecule has 0 amide bonds. The Hall–Kier alpha value is -2.51. The van der Waals surface area contributed by atoms with Crippen molar-refractivity contribution < 1.29 is 4.74 Å². The summed E-state index contributed by atoms with van der Waals surface area (Å²) in [5.41, 5.74) is 4.09. The average molecular weight is 354 g/mol. The molecule has 4 rings (SSSR count). The van der Waals surface area contributed by atoms with Gasteiger partial charge >= 0.3 is 0 Å². The maximum atomic E-state index is 5.25. The van der Waals surface area contributed by atoms with Crippen LogP contribution >= 0.6 is 22.7 Å². The number of pyridine rings is 1. The number of benzene rings is 1. The standard InChI is InChI=1S/C17H14N4OS2/c1-10-9-23-16(19-10)21-17-20-14-4-3-11(6-15(14)24-17)12-5-13(22-2)8-18-7-12/h3-9H,1-2H3,(H,19,20,21). The molecular weight excluding hydrogens is 340 g/mol. The van der Waals surface area contributed by atoms with E-state index in [1.54, 1.807) is 36.0 Å². The van der Waals surface area contributed by atoms with Crippen molar-refractivity contribution in [1.29, 1.82) is 0 Å². The topological polar surface area (TPSA) is 59.9 Å². The summed E-state index contributed by atoms with van der Waals surface area (Å²) in [5, 5.41) is 7.00. The highest BCUT2D eigenvalue weighted by atomic mass is 32.1. The van der Waals surface area contributed by atoms with Gasteiger partial charge in [-0.25, -0.2) is 9.97 Å². The van der Waals surface area contributed by atoms with Crippen LogP contribution < -0.4 is 10.1 Å². The second-order valence-corrected chi connectivity index (χ2v) is 7.12. The Bertz CT molecular complexity index is 1010. The summed E-state index contributed by atoms with van der Waals surface area (Å²) in [5.74, 6) is 0.749. The van der Waals surface area contributed by atoms with Crippen molar-refractivity contribution in [3.8, 4) is 16.9 Å². The molecule has 7 heteroatoms. The minimum Gasteiger partial charge on any atom is -0.495 e. The van der Waals surface area contributed by atoms with Crippen molar-refractivity contribution in [2.45, 2.75) is 6.92 Å². The summed E-state index contributed by atoms with van der Waals surface area (Å²) in [6.07, 6.45) is 3.54. The molecule has 0 aliphatic heterocycles. The fourth-order valence-electron chi connectivity index (χ4n) is 2.35. The molecule has 1 N–H and O–H groups in total. The second-order valence-electron chi connectivity index (χ2n) is 5.23. The van der Waals surface area contributed by atoms with Gasteiger partial charge in [0.05, 0.1) is 29.2 Å². The molecule has 0 aliphatic carbocycles. The zero-order valence-corrected chi connectivity index (χ0v) is 14.7. The van der Waals surface area contributed by atoms with Gasteiger partial charge in [-0.05, 0) is 30.7 Å². The predicted octanol–water partition coefficient (Wildman–Crippen LogP) is 4.88. The monoisotopic (exact) mass is 354 g/mol. The van der Waals surface area contributed by atoms with Crippen LogP contribution in [-0.4, -0.2) is 22.1 Å². The first-order chi connectivity index (χ1) is 11.7. The van der Waals surface area contributed by atoms with Crippen LogP contribution in [0.1, 0.15) is 5.69 Å². The van der Waals surface area contributed by atoms with Crippen LogP contribution in [-0.2, 0) is 0 Å². The quantitative estimate of drug-likeness (QED) is 0.566. The molecule has 0 bridgehead atoms. The van der Waals surface area contributed by atoms with Gasteiger partial charge in [0.1, 0.15) is 5.75 Å². The molecule has 120 valence electrons. The van der Waals surface area contributed by atoms with Crippen LogP contribution in [0.15, 0.2) is 42.0 Å². The molecule has 0 fully saturated rings. The minimum absolute atomic E-state index is 0.749. The lowest BCUT2D eigenvalue weighted by Crippen LogP contribution is -1.87. The normalized spacial score (nSPS) is 10.9. The highest BCUT2D eigenvalue weighted by molar-refractivity contribution is 7.22. The van der Waals surface area contributed by atoms with E-state index in [2.05, 4.69) is 32.4 Å². The molecule has 3 heterocycles. The smallest absolute Gasteiger partial charge is 0.190 e. The van der Waals surface area contributed by atoms with E-state index in [4.69, 9.17) is 4.74 Å². The van der Waals surface area contributed by atoms with Crippen LogP contribution in [0.2, 0.25) is 0 Å². The Morgan fingerprint density at radius 2 is 1.96 bits per heavy atom. The molecule has 0 atom stereocenters. The maximum absolute atomic E-state index is 5.25. The Morgan fingerprint density at radius 3 is 2.75 bits per heavy atom. The molecular formula is C17H14N4OS2. The van der Waals surface area contributed by atoms with E-state index < -0.39 is 0 Å². The first-order valence-corrected chi connectivity index (χ1v) is 9.00. The first kappa shape index (κ1) is 15.0. The lowest BCUT2D eigenvalue weighted by atomic mass is 10.1. The number of hydrogen-bond acceptors (Lipinski definition) is 7. The number of anilines is 2. The van der Waals surface area contributed by atoms with Gasteiger partial charge in [-0.1, -0.05) is 17.4 Å². The second kappa shape index (κ2) is 6.18. The van der Waals surface area contributed by atoms with E-state index in [1.807, 2.05) is 30.6 Å². The van der Waals surface area contributed by atoms with Gasteiger partial charge in [-0.15, -0.1) is 11.3 Å². The van der Waals surface area contributed by atoms with E-state index in [0.29, 0.717) is 0 Å². The SMILES string of the molecule is COc1cncc(-c2ccc3nc(Nc4nc(C)cs4)sc3c2)c1. The number of aryl methyl sites for hydroxylation is 1. The fraction of sp³-hybridized carbons (Fsp3) is 0.118. The molecule has 3 aromatic heterocycles. The Kier molecular flexibility index (Phi) is 3.87. The summed E-state index contributed by atoms with van der Waals surface area (Å²) in [6, 6.07) is 8.18. The van der Waals surface area contributed by atoms with Crippen molar-refractivity contribution in [2.24, 2.45) is 0 Å².